The molecule has 0 radical (unpaired) electrons. The molecule has 0 bridgehead atoms. The topological polar surface area (TPSA) is 178 Å². The number of phosphoric acid groups is 1. The summed E-state index contributed by atoms with van der Waals surface area (Å²) in [5.74, 6) is -1.62. The number of hydrogen-bond donors (Lipinski definition) is 4. The molecular weight excluding hydrogens is 797 g/mol. The average Bonchev–Trinajstić information content (AvgIpc) is 3.22. The van der Waals surface area contributed by atoms with E-state index >= 15 is 0 Å². The minimum absolute atomic E-state index is 0.0704. The molecule has 0 unspecified atom stereocenters. The van der Waals surface area contributed by atoms with E-state index in [0.717, 1.165) is 70.6 Å². The van der Waals surface area contributed by atoms with Crippen LogP contribution in [-0.4, -0.2) is 70.0 Å². The fraction of sp³-hybridized carbons (Fsp3) is 0.938. The first-order valence-corrected chi connectivity index (χ1v) is 26.8. The Morgan fingerprint density at radius 1 is 0.492 bits per heavy atom. The van der Waals surface area contributed by atoms with E-state index in [1.807, 2.05) is 0 Å². The number of amides is 1. The zero-order valence-electron chi connectivity index (χ0n) is 39.1. The summed E-state index contributed by atoms with van der Waals surface area (Å²) < 4.78 is 34.8. The second-order valence-electron chi connectivity index (χ2n) is 17.7. The molecule has 12 nitrogen and oxygen atoms in total. The highest BCUT2D eigenvalue weighted by Crippen LogP contribution is 2.41. The third-order valence-corrected chi connectivity index (χ3v) is 12.4. The van der Waals surface area contributed by atoms with Crippen molar-refractivity contribution in [3.8, 4) is 0 Å². The molecule has 61 heavy (non-hydrogen) atoms. The van der Waals surface area contributed by atoms with E-state index in [1.165, 1.54) is 122 Å². The van der Waals surface area contributed by atoms with Gasteiger partial charge in [-0.15, -0.1) is 0 Å². The van der Waals surface area contributed by atoms with Crippen LogP contribution in [0.2, 0.25) is 0 Å². The molecule has 0 aliphatic carbocycles. The Morgan fingerprint density at radius 2 is 0.803 bits per heavy atom. The molecule has 360 valence electrons. The van der Waals surface area contributed by atoms with E-state index < -0.39 is 62.9 Å². The van der Waals surface area contributed by atoms with Gasteiger partial charge in [0.25, 0.3) is 0 Å². The molecule has 4 N–H and O–H groups in total. The zero-order chi connectivity index (χ0) is 44.8. The molecule has 0 aromatic rings. The first-order chi connectivity index (χ1) is 29.6. The second kappa shape index (κ2) is 38.9. The number of rotatable bonds is 42. The van der Waals surface area contributed by atoms with Crippen LogP contribution in [0.1, 0.15) is 252 Å². The summed E-state index contributed by atoms with van der Waals surface area (Å²) in [5.41, 5.74) is 0. The highest BCUT2D eigenvalue weighted by molar-refractivity contribution is 7.46. The molecule has 0 saturated carbocycles. The Hall–Kier alpha value is -1.56. The van der Waals surface area contributed by atoms with Gasteiger partial charge >= 0.3 is 19.8 Å². The maximum absolute atomic E-state index is 13.4. The zero-order valence-corrected chi connectivity index (χ0v) is 40.0. The minimum atomic E-state index is -5.19. The minimum Gasteiger partial charge on any atom is -0.456 e. The van der Waals surface area contributed by atoms with Gasteiger partial charge in [-0.3, -0.25) is 18.9 Å². The summed E-state index contributed by atoms with van der Waals surface area (Å²) in [7, 11) is -5.19. The Bertz CT molecular complexity index is 1120. The third kappa shape index (κ3) is 31.9. The fourth-order valence-electron chi connectivity index (χ4n) is 8.21. The monoisotopic (exact) mass is 890 g/mol. The number of unbranched alkanes of at least 4 members (excludes halogenated alkanes) is 30. The largest absolute Gasteiger partial charge is 0.472 e. The van der Waals surface area contributed by atoms with E-state index in [2.05, 4.69) is 26.1 Å². The normalized spacial score (nSPS) is 19.2. The quantitative estimate of drug-likeness (QED) is 0.0260. The van der Waals surface area contributed by atoms with E-state index in [4.69, 9.17) is 18.7 Å². The number of ether oxygens (including phenoxy) is 3. The van der Waals surface area contributed by atoms with Gasteiger partial charge in [0.1, 0.15) is 12.1 Å². The second-order valence-corrected chi connectivity index (χ2v) is 18.9. The van der Waals surface area contributed by atoms with Gasteiger partial charge in [-0.1, -0.05) is 213 Å². The molecule has 1 rings (SSSR count). The predicted molar refractivity (Wildman–Crippen MR) is 244 cm³/mol. The number of phosphoric ester groups is 1. The molecule has 0 aromatic heterocycles. The van der Waals surface area contributed by atoms with Crippen LogP contribution in [0.25, 0.3) is 0 Å². The molecule has 1 aliphatic rings. The fourth-order valence-corrected chi connectivity index (χ4v) is 8.66. The molecule has 1 heterocycles. The summed E-state index contributed by atoms with van der Waals surface area (Å²) in [6, 6.07) is -1.42. The van der Waals surface area contributed by atoms with Crippen molar-refractivity contribution in [2.45, 2.75) is 283 Å². The summed E-state index contributed by atoms with van der Waals surface area (Å²) >= 11 is 0. The Labute approximate surface area is 371 Å². The van der Waals surface area contributed by atoms with E-state index in [0.29, 0.717) is 19.3 Å². The maximum atomic E-state index is 13.4. The number of aliphatic hydroxyl groups excluding tert-OH is 1. The number of nitrogens with one attached hydrogen (secondary N) is 1. The number of aliphatic hydroxyl groups is 1. The van der Waals surface area contributed by atoms with Gasteiger partial charge < -0.3 is 34.4 Å². The third-order valence-electron chi connectivity index (χ3n) is 11.9. The SMILES string of the molecule is CCCCCCCCCCCCCC(=O)N[C@H]1[C@@H](OP(=O)(O)O)O[C@H](CO)[C@@H](OC(=O)CCCCCCCCCCCCC)[C@@H]1OC(=O)CCCCCCCCCCCCC. The van der Waals surface area contributed by atoms with Gasteiger partial charge in [0.2, 0.25) is 5.91 Å². The molecule has 1 saturated heterocycles. The van der Waals surface area contributed by atoms with Crippen LogP contribution in [0.4, 0.5) is 0 Å². The van der Waals surface area contributed by atoms with Crippen molar-refractivity contribution < 1.29 is 52.6 Å². The van der Waals surface area contributed by atoms with Gasteiger partial charge in [-0.2, -0.15) is 0 Å². The van der Waals surface area contributed by atoms with Crippen molar-refractivity contribution in [2.24, 2.45) is 0 Å². The van der Waals surface area contributed by atoms with Crippen molar-refractivity contribution >= 4 is 25.7 Å². The maximum Gasteiger partial charge on any atom is 0.472 e. The number of carbonyl (C=O) groups is 3. The van der Waals surface area contributed by atoms with Gasteiger partial charge in [-0.05, 0) is 19.3 Å². The summed E-state index contributed by atoms with van der Waals surface area (Å²) in [4.78, 5) is 59.7. The van der Waals surface area contributed by atoms with Gasteiger partial charge in [0.15, 0.2) is 18.5 Å². The van der Waals surface area contributed by atoms with Crippen LogP contribution < -0.4 is 5.32 Å². The lowest BCUT2D eigenvalue weighted by Crippen LogP contribution is -2.66. The smallest absolute Gasteiger partial charge is 0.456 e. The van der Waals surface area contributed by atoms with Crippen molar-refractivity contribution in [1.29, 1.82) is 0 Å². The lowest BCUT2D eigenvalue weighted by atomic mass is 9.95. The highest BCUT2D eigenvalue weighted by atomic mass is 31.2. The average molecular weight is 890 g/mol. The Kier molecular flexibility index (Phi) is 36.6. The van der Waals surface area contributed by atoms with E-state index in [1.54, 1.807) is 0 Å². The molecule has 0 spiro atoms. The van der Waals surface area contributed by atoms with E-state index in [9.17, 15) is 33.8 Å². The van der Waals surface area contributed by atoms with Crippen LogP contribution in [0, 0.1) is 0 Å². The number of hydrogen-bond acceptors (Lipinski definition) is 9. The van der Waals surface area contributed by atoms with Gasteiger partial charge in [0.05, 0.1) is 6.61 Å². The molecule has 0 aromatic carbocycles. The highest BCUT2D eigenvalue weighted by Gasteiger charge is 2.52. The molecule has 1 amide bonds. The van der Waals surface area contributed by atoms with Crippen LogP contribution in [0.3, 0.4) is 0 Å². The molecular formula is C48H92NO11P. The number of esters is 2. The molecule has 5 atom stereocenters. The van der Waals surface area contributed by atoms with Crippen LogP contribution in [-0.2, 0) is 37.7 Å². The van der Waals surface area contributed by atoms with Crippen LogP contribution in [0.5, 0.6) is 0 Å². The molecule has 1 fully saturated rings. The van der Waals surface area contributed by atoms with Crippen molar-refractivity contribution in [3.63, 3.8) is 0 Å². The molecule has 13 heteroatoms. The summed E-state index contributed by atoms with van der Waals surface area (Å²) in [5, 5.41) is 13.1. The Morgan fingerprint density at radius 3 is 1.13 bits per heavy atom. The lowest BCUT2D eigenvalue weighted by molar-refractivity contribution is -0.259. The first kappa shape index (κ1) is 57.5. The number of carbonyl (C=O) groups excluding carboxylic acids is 3. The molecule has 1 aliphatic heterocycles. The van der Waals surface area contributed by atoms with Crippen LogP contribution >= 0.6 is 7.82 Å². The van der Waals surface area contributed by atoms with Crippen LogP contribution in [0.15, 0.2) is 0 Å². The first-order valence-electron chi connectivity index (χ1n) is 25.2. The summed E-state index contributed by atoms with van der Waals surface area (Å²) in [6.07, 6.45) is 31.2. The van der Waals surface area contributed by atoms with Crippen molar-refractivity contribution in [1.82, 2.24) is 5.32 Å². The van der Waals surface area contributed by atoms with Gasteiger partial charge in [0, 0.05) is 19.3 Å². The standard InChI is InChI=1S/C48H92NO11P/c1-4-7-10-13-16-19-22-25-28-31-34-37-42(51)49-45-47(59-44(53)39-36-33-30-27-24-21-18-15-12-9-6-3)46(41(40-50)57-48(45)60-61(54,55)56)58-43(52)38-35-32-29-26-23-20-17-14-11-8-5-2/h41,45-48,50H,4-40H2,1-3H3,(H,49,51)(H2,54,55,56)/t41-,45-,46-,47-,48-/m1/s1. The van der Waals surface area contributed by atoms with Gasteiger partial charge in [-0.25, -0.2) is 4.57 Å². The van der Waals surface area contributed by atoms with Crippen molar-refractivity contribution in [3.05, 3.63) is 0 Å². The summed E-state index contributed by atoms with van der Waals surface area (Å²) in [6.45, 7) is 5.93. The lowest BCUT2D eigenvalue weighted by Gasteiger charge is -2.44. The van der Waals surface area contributed by atoms with E-state index in [-0.39, 0.29) is 19.3 Å². The Balaban J connectivity index is 2.91. The van der Waals surface area contributed by atoms with Crippen molar-refractivity contribution in [2.75, 3.05) is 6.61 Å². The predicted octanol–water partition coefficient (Wildman–Crippen LogP) is 12.2.